The molecule has 0 amide bonds. The first kappa shape index (κ1) is 20.2. The Bertz CT molecular complexity index is 476. The van der Waals surface area contributed by atoms with Crippen LogP contribution in [-0.4, -0.2) is 30.0 Å². The van der Waals surface area contributed by atoms with Crippen molar-refractivity contribution in [2.75, 3.05) is 13.1 Å². The summed E-state index contributed by atoms with van der Waals surface area (Å²) in [5.74, 6) is 1.41. The summed E-state index contributed by atoms with van der Waals surface area (Å²) in [7, 11) is 0. The monoisotopic (exact) mass is 430 g/mol. The maximum atomic E-state index is 5.82. The van der Waals surface area contributed by atoms with E-state index < -0.39 is 0 Å². The van der Waals surface area contributed by atoms with Crippen molar-refractivity contribution in [3.8, 4) is 0 Å². The van der Waals surface area contributed by atoms with Gasteiger partial charge in [0.2, 0.25) is 0 Å². The number of hydrogen-bond acceptors (Lipinski definition) is 2. The lowest BCUT2D eigenvalue weighted by molar-refractivity contribution is 0.185. The number of rotatable bonds is 5. The minimum atomic E-state index is 0. The number of nitrogens with one attached hydrogen (secondary N) is 1. The van der Waals surface area contributed by atoms with E-state index in [4.69, 9.17) is 5.73 Å². The lowest BCUT2D eigenvalue weighted by atomic mass is 9.99. The Labute approximate surface area is 157 Å². The minimum Gasteiger partial charge on any atom is -0.370 e. The number of halogens is 1. The van der Waals surface area contributed by atoms with E-state index in [1.54, 1.807) is 0 Å². The zero-order valence-corrected chi connectivity index (χ0v) is 16.9. The van der Waals surface area contributed by atoms with E-state index in [1.165, 1.54) is 37.1 Å². The molecule has 1 aromatic carbocycles. The molecule has 1 aliphatic rings. The third-order valence-corrected chi connectivity index (χ3v) is 4.17. The normalized spacial score (nSPS) is 17.1. The third kappa shape index (κ3) is 7.52. The Morgan fingerprint density at radius 1 is 1.22 bits per heavy atom. The summed E-state index contributed by atoms with van der Waals surface area (Å²) in [4.78, 5) is 6.91. The van der Waals surface area contributed by atoms with Crippen molar-refractivity contribution in [3.05, 3.63) is 35.4 Å². The quantitative estimate of drug-likeness (QED) is 0.428. The maximum Gasteiger partial charge on any atom is 0.189 e. The number of nitrogens with zero attached hydrogens (tertiary/aromatic N) is 2. The van der Waals surface area contributed by atoms with Gasteiger partial charge in [-0.05, 0) is 56.8 Å². The van der Waals surface area contributed by atoms with Crippen LogP contribution in [0, 0.1) is 5.92 Å². The summed E-state index contributed by atoms with van der Waals surface area (Å²) in [5.41, 5.74) is 8.40. The number of benzene rings is 1. The molecule has 0 bridgehead atoms. The van der Waals surface area contributed by atoms with Crippen LogP contribution in [0.3, 0.4) is 0 Å². The average Bonchev–Trinajstić information content (AvgIpc) is 2.48. The summed E-state index contributed by atoms with van der Waals surface area (Å²) in [6.07, 6.45) is 2.66. The molecule has 1 aliphatic heterocycles. The van der Waals surface area contributed by atoms with Gasteiger partial charge in [-0.2, -0.15) is 0 Å². The number of nitrogens with two attached hydrogens (primary N) is 1. The van der Waals surface area contributed by atoms with Crippen molar-refractivity contribution in [2.24, 2.45) is 16.6 Å². The third-order valence-electron chi connectivity index (χ3n) is 4.17. The Balaban J connectivity index is 0.00000264. The molecule has 0 aliphatic carbocycles. The van der Waals surface area contributed by atoms with E-state index >= 15 is 0 Å². The molecule has 1 aromatic rings. The predicted molar refractivity (Wildman–Crippen MR) is 109 cm³/mol. The van der Waals surface area contributed by atoms with Crippen LogP contribution < -0.4 is 11.1 Å². The van der Waals surface area contributed by atoms with Crippen LogP contribution in [0.4, 0.5) is 0 Å². The number of likely N-dealkylation sites (tertiary alicyclic amines) is 1. The fourth-order valence-corrected chi connectivity index (χ4v) is 2.75. The Morgan fingerprint density at radius 3 is 2.35 bits per heavy atom. The summed E-state index contributed by atoms with van der Waals surface area (Å²) < 4.78 is 0. The predicted octanol–water partition coefficient (Wildman–Crippen LogP) is 3.35. The molecule has 5 heteroatoms. The van der Waals surface area contributed by atoms with Crippen molar-refractivity contribution in [1.82, 2.24) is 10.2 Å². The highest BCUT2D eigenvalue weighted by atomic mass is 127. The topological polar surface area (TPSA) is 53.6 Å². The molecule has 130 valence electrons. The Kier molecular flexibility index (Phi) is 8.91. The van der Waals surface area contributed by atoms with Gasteiger partial charge in [-0.1, -0.05) is 31.2 Å². The molecule has 1 fully saturated rings. The van der Waals surface area contributed by atoms with Crippen LogP contribution in [0.1, 0.15) is 44.7 Å². The highest BCUT2D eigenvalue weighted by molar-refractivity contribution is 14.0. The largest absolute Gasteiger partial charge is 0.370 e. The van der Waals surface area contributed by atoms with Crippen molar-refractivity contribution in [2.45, 2.75) is 52.7 Å². The average molecular weight is 430 g/mol. The van der Waals surface area contributed by atoms with Crippen LogP contribution in [0.2, 0.25) is 0 Å². The van der Waals surface area contributed by atoms with E-state index in [0.29, 0.717) is 18.5 Å². The van der Waals surface area contributed by atoms with Gasteiger partial charge in [0, 0.05) is 12.6 Å². The summed E-state index contributed by atoms with van der Waals surface area (Å²) in [6.45, 7) is 10.6. The minimum absolute atomic E-state index is 0. The fourth-order valence-electron chi connectivity index (χ4n) is 2.75. The van der Waals surface area contributed by atoms with E-state index in [0.717, 1.165) is 12.5 Å². The van der Waals surface area contributed by atoms with Crippen molar-refractivity contribution in [3.63, 3.8) is 0 Å². The second-order valence-corrected chi connectivity index (χ2v) is 6.78. The van der Waals surface area contributed by atoms with Gasteiger partial charge < -0.3 is 11.1 Å². The van der Waals surface area contributed by atoms with Crippen LogP contribution in [-0.2, 0) is 13.1 Å². The molecule has 0 unspecified atom stereocenters. The van der Waals surface area contributed by atoms with Crippen LogP contribution in [0.15, 0.2) is 29.3 Å². The number of hydrogen-bond donors (Lipinski definition) is 2. The second-order valence-electron chi connectivity index (χ2n) is 6.78. The van der Waals surface area contributed by atoms with Gasteiger partial charge in [-0.15, -0.1) is 24.0 Å². The SMILES string of the molecule is CC1CCN(Cc2ccc(CN=C(N)NC(C)C)cc2)CC1.I. The molecule has 23 heavy (non-hydrogen) atoms. The zero-order valence-electron chi connectivity index (χ0n) is 14.6. The first-order chi connectivity index (χ1) is 10.5. The number of piperidine rings is 1. The molecule has 0 aromatic heterocycles. The molecule has 2 rings (SSSR count). The summed E-state index contributed by atoms with van der Waals surface area (Å²) in [5, 5.41) is 3.10. The van der Waals surface area contributed by atoms with E-state index in [9.17, 15) is 0 Å². The highest BCUT2D eigenvalue weighted by Gasteiger charge is 2.15. The first-order valence-corrected chi connectivity index (χ1v) is 8.39. The summed E-state index contributed by atoms with van der Waals surface area (Å²) in [6, 6.07) is 9.07. The van der Waals surface area contributed by atoms with Crippen LogP contribution in [0.25, 0.3) is 0 Å². The van der Waals surface area contributed by atoms with Gasteiger partial charge >= 0.3 is 0 Å². The molecular weight excluding hydrogens is 399 g/mol. The van der Waals surface area contributed by atoms with Gasteiger partial charge in [-0.25, -0.2) is 4.99 Å². The highest BCUT2D eigenvalue weighted by Crippen LogP contribution is 2.18. The van der Waals surface area contributed by atoms with Crippen LogP contribution >= 0.6 is 24.0 Å². The Morgan fingerprint density at radius 2 is 1.78 bits per heavy atom. The molecule has 1 saturated heterocycles. The van der Waals surface area contributed by atoms with Crippen molar-refractivity contribution in [1.29, 1.82) is 0 Å². The van der Waals surface area contributed by atoms with Gasteiger partial charge in [0.25, 0.3) is 0 Å². The molecule has 1 heterocycles. The smallest absolute Gasteiger partial charge is 0.189 e. The molecule has 0 saturated carbocycles. The van der Waals surface area contributed by atoms with Gasteiger partial charge in [0.1, 0.15) is 0 Å². The Hall–Kier alpha value is -0.820. The molecule has 4 nitrogen and oxygen atoms in total. The van der Waals surface area contributed by atoms with E-state index in [1.807, 2.05) is 0 Å². The lowest BCUT2D eigenvalue weighted by Gasteiger charge is -2.30. The maximum absolute atomic E-state index is 5.82. The van der Waals surface area contributed by atoms with Gasteiger partial charge in [0.15, 0.2) is 5.96 Å². The number of guanidine groups is 1. The molecule has 0 spiro atoms. The van der Waals surface area contributed by atoms with Gasteiger partial charge in [-0.3, -0.25) is 4.90 Å². The van der Waals surface area contributed by atoms with E-state index in [-0.39, 0.29) is 24.0 Å². The molecule has 3 N–H and O–H groups in total. The second kappa shape index (κ2) is 10.1. The molecule has 0 radical (unpaired) electrons. The number of aliphatic imine (C=N–C) groups is 1. The van der Waals surface area contributed by atoms with Crippen LogP contribution in [0.5, 0.6) is 0 Å². The molecular formula is C18H31IN4. The standard InChI is InChI=1S/C18H30N4.HI/c1-14(2)21-18(19)20-12-16-4-6-17(7-5-16)13-22-10-8-15(3)9-11-22;/h4-7,14-15H,8-13H2,1-3H3,(H3,19,20,21);1H. The summed E-state index contributed by atoms with van der Waals surface area (Å²) >= 11 is 0. The van der Waals surface area contributed by atoms with E-state index in [2.05, 4.69) is 60.2 Å². The zero-order chi connectivity index (χ0) is 15.9. The van der Waals surface area contributed by atoms with Crippen molar-refractivity contribution >= 4 is 29.9 Å². The first-order valence-electron chi connectivity index (χ1n) is 8.39. The lowest BCUT2D eigenvalue weighted by Crippen LogP contribution is -2.36. The van der Waals surface area contributed by atoms with Crippen molar-refractivity contribution < 1.29 is 0 Å². The molecule has 0 atom stereocenters. The van der Waals surface area contributed by atoms with Gasteiger partial charge in [0.05, 0.1) is 6.54 Å². The fraction of sp³-hybridized carbons (Fsp3) is 0.611.